The molecule has 158 valence electrons. The average Bonchev–Trinajstić information content (AvgIpc) is 3.17. The molecular weight excluding hydrogens is 418 g/mol. The van der Waals surface area contributed by atoms with Crippen molar-refractivity contribution < 1.29 is 13.2 Å². The monoisotopic (exact) mass is 443 g/mol. The summed E-state index contributed by atoms with van der Waals surface area (Å²) in [7, 11) is -3.42. The fourth-order valence-electron chi connectivity index (χ4n) is 3.66. The summed E-state index contributed by atoms with van der Waals surface area (Å²) in [5.41, 5.74) is 2.94. The van der Waals surface area contributed by atoms with E-state index in [2.05, 4.69) is 10.3 Å². The predicted octanol–water partition coefficient (Wildman–Crippen LogP) is 4.35. The molecule has 1 aliphatic heterocycles. The number of aromatic nitrogens is 1. The molecule has 8 heteroatoms. The first-order valence-corrected chi connectivity index (χ1v) is 12.4. The molecule has 1 saturated heterocycles. The Kier molecular flexibility index (Phi) is 6.17. The first-order chi connectivity index (χ1) is 14.4. The maximum absolute atomic E-state index is 12.7. The van der Waals surface area contributed by atoms with Crippen LogP contribution in [0.2, 0.25) is 0 Å². The van der Waals surface area contributed by atoms with Crippen molar-refractivity contribution in [3.63, 3.8) is 0 Å². The second-order valence-corrected chi connectivity index (χ2v) is 10.6. The van der Waals surface area contributed by atoms with Crippen molar-refractivity contribution >= 4 is 42.6 Å². The van der Waals surface area contributed by atoms with Gasteiger partial charge in [-0.05, 0) is 55.5 Å². The van der Waals surface area contributed by atoms with Crippen LogP contribution in [0.5, 0.6) is 0 Å². The smallest absolute Gasteiger partial charge is 0.243 e. The van der Waals surface area contributed by atoms with Crippen LogP contribution in [0, 0.1) is 6.92 Å². The number of carbonyl (C=O) groups is 1. The molecule has 4 rings (SSSR count). The minimum absolute atomic E-state index is 0.100. The van der Waals surface area contributed by atoms with Gasteiger partial charge in [-0.2, -0.15) is 4.31 Å². The van der Waals surface area contributed by atoms with Crippen molar-refractivity contribution in [1.82, 2.24) is 9.29 Å². The normalized spacial score (nSPS) is 15.4. The summed E-state index contributed by atoms with van der Waals surface area (Å²) >= 11 is 1.47. The quantitative estimate of drug-likeness (QED) is 0.614. The second-order valence-electron chi connectivity index (χ2n) is 7.60. The number of anilines is 1. The second kappa shape index (κ2) is 8.83. The SMILES string of the molecule is Cc1cccc2sc(NC(=O)CCc3ccc(S(=O)(=O)N4CCCCC4)cc3)nc12. The maximum atomic E-state index is 12.7. The number of sulfonamides is 1. The number of amides is 1. The number of nitrogens with one attached hydrogen (secondary N) is 1. The third-order valence-corrected chi connectivity index (χ3v) is 8.23. The van der Waals surface area contributed by atoms with Gasteiger partial charge in [0.15, 0.2) is 5.13 Å². The number of para-hydroxylation sites is 1. The van der Waals surface area contributed by atoms with E-state index in [1.54, 1.807) is 28.6 Å². The van der Waals surface area contributed by atoms with Crippen LogP contribution in [-0.4, -0.2) is 36.7 Å². The van der Waals surface area contributed by atoms with Crippen LogP contribution in [0.3, 0.4) is 0 Å². The Morgan fingerprint density at radius 2 is 1.83 bits per heavy atom. The first kappa shape index (κ1) is 21.0. The molecule has 30 heavy (non-hydrogen) atoms. The van der Waals surface area contributed by atoms with Crippen LogP contribution in [-0.2, 0) is 21.2 Å². The molecule has 1 N–H and O–H groups in total. The molecule has 0 spiro atoms. The van der Waals surface area contributed by atoms with Crippen LogP contribution in [0.4, 0.5) is 5.13 Å². The van der Waals surface area contributed by atoms with Crippen molar-refractivity contribution in [1.29, 1.82) is 0 Å². The van der Waals surface area contributed by atoms with Crippen LogP contribution in [0.25, 0.3) is 10.2 Å². The number of aryl methyl sites for hydroxylation is 2. The lowest BCUT2D eigenvalue weighted by atomic mass is 10.1. The lowest BCUT2D eigenvalue weighted by Gasteiger charge is -2.25. The highest BCUT2D eigenvalue weighted by atomic mass is 32.2. The Hall–Kier alpha value is -2.29. The molecule has 1 aromatic heterocycles. The molecule has 2 heterocycles. The molecule has 1 amide bonds. The number of nitrogens with zero attached hydrogens (tertiary/aromatic N) is 2. The molecule has 0 atom stereocenters. The summed E-state index contributed by atoms with van der Waals surface area (Å²) in [6.45, 7) is 3.19. The number of benzene rings is 2. The molecule has 1 aliphatic rings. The van der Waals surface area contributed by atoms with Gasteiger partial charge < -0.3 is 5.32 Å². The fourth-order valence-corrected chi connectivity index (χ4v) is 6.14. The minimum Gasteiger partial charge on any atom is -0.302 e. The van der Waals surface area contributed by atoms with Crippen LogP contribution in [0.15, 0.2) is 47.4 Å². The average molecular weight is 444 g/mol. The summed E-state index contributed by atoms with van der Waals surface area (Å²) in [5.74, 6) is -0.100. The number of hydrogen-bond acceptors (Lipinski definition) is 5. The minimum atomic E-state index is -3.42. The van der Waals surface area contributed by atoms with E-state index in [1.165, 1.54) is 11.3 Å². The first-order valence-electron chi connectivity index (χ1n) is 10.2. The van der Waals surface area contributed by atoms with E-state index in [1.807, 2.05) is 25.1 Å². The van der Waals surface area contributed by atoms with Crippen molar-refractivity contribution in [3.05, 3.63) is 53.6 Å². The van der Waals surface area contributed by atoms with Crippen molar-refractivity contribution in [3.8, 4) is 0 Å². The number of carbonyl (C=O) groups excluding carboxylic acids is 1. The van der Waals surface area contributed by atoms with Gasteiger partial charge >= 0.3 is 0 Å². The Labute approximate surface area is 181 Å². The van der Waals surface area contributed by atoms with E-state index >= 15 is 0 Å². The van der Waals surface area contributed by atoms with Crippen LogP contribution in [0.1, 0.15) is 36.8 Å². The lowest BCUT2D eigenvalue weighted by Crippen LogP contribution is -2.35. The van der Waals surface area contributed by atoms with Crippen LogP contribution < -0.4 is 5.32 Å². The zero-order valence-corrected chi connectivity index (χ0v) is 18.6. The van der Waals surface area contributed by atoms with Crippen LogP contribution >= 0.6 is 11.3 Å². The molecule has 0 bridgehead atoms. The zero-order chi connectivity index (χ0) is 21.1. The number of thiazole rings is 1. The van der Waals surface area contributed by atoms with Gasteiger partial charge in [0.2, 0.25) is 15.9 Å². The summed E-state index contributed by atoms with van der Waals surface area (Å²) in [6, 6.07) is 12.9. The number of piperidine rings is 1. The van der Waals surface area contributed by atoms with E-state index < -0.39 is 10.0 Å². The topological polar surface area (TPSA) is 79.4 Å². The third-order valence-electron chi connectivity index (χ3n) is 5.38. The summed E-state index contributed by atoms with van der Waals surface area (Å²) in [4.78, 5) is 17.2. The molecule has 0 radical (unpaired) electrons. The zero-order valence-electron chi connectivity index (χ0n) is 16.9. The molecule has 6 nitrogen and oxygen atoms in total. The third kappa shape index (κ3) is 4.55. The summed E-state index contributed by atoms with van der Waals surface area (Å²) in [5, 5.41) is 3.48. The molecule has 3 aromatic rings. The highest BCUT2D eigenvalue weighted by Crippen LogP contribution is 2.28. The number of hydrogen-bond donors (Lipinski definition) is 1. The van der Waals surface area contributed by atoms with Gasteiger partial charge in [-0.1, -0.05) is 42.0 Å². The number of rotatable bonds is 6. The Morgan fingerprint density at radius 1 is 1.10 bits per heavy atom. The van der Waals surface area contributed by atoms with E-state index in [9.17, 15) is 13.2 Å². The van der Waals surface area contributed by atoms with E-state index in [4.69, 9.17) is 0 Å². The fraction of sp³-hybridized carbons (Fsp3) is 0.364. The molecule has 1 fully saturated rings. The largest absolute Gasteiger partial charge is 0.302 e. The summed E-state index contributed by atoms with van der Waals surface area (Å²) < 4.78 is 28.1. The van der Waals surface area contributed by atoms with Gasteiger partial charge in [-0.15, -0.1) is 0 Å². The standard InChI is InChI=1S/C22H25N3O3S2/c1-16-6-5-7-19-21(16)24-22(29-19)23-20(26)13-10-17-8-11-18(12-9-17)30(27,28)25-14-3-2-4-15-25/h5-9,11-12H,2-4,10,13-15H2,1H3,(H,23,24,26). The molecule has 0 unspecified atom stereocenters. The Bertz CT molecular complexity index is 1150. The summed E-state index contributed by atoms with van der Waals surface area (Å²) in [6.07, 6.45) is 3.78. The Balaban J connectivity index is 1.35. The number of fused-ring (bicyclic) bond motifs is 1. The van der Waals surface area contributed by atoms with E-state index in [0.29, 0.717) is 36.0 Å². The highest BCUT2D eigenvalue weighted by molar-refractivity contribution is 7.89. The van der Waals surface area contributed by atoms with Gasteiger partial charge in [-0.25, -0.2) is 13.4 Å². The maximum Gasteiger partial charge on any atom is 0.243 e. The van der Waals surface area contributed by atoms with E-state index in [0.717, 1.165) is 40.6 Å². The molecule has 0 aliphatic carbocycles. The van der Waals surface area contributed by atoms with Gasteiger partial charge in [-0.3, -0.25) is 4.79 Å². The van der Waals surface area contributed by atoms with Crippen molar-refractivity contribution in [2.24, 2.45) is 0 Å². The van der Waals surface area contributed by atoms with Gasteiger partial charge in [0, 0.05) is 19.5 Å². The highest BCUT2D eigenvalue weighted by Gasteiger charge is 2.25. The van der Waals surface area contributed by atoms with Gasteiger partial charge in [0.25, 0.3) is 0 Å². The molecule has 2 aromatic carbocycles. The van der Waals surface area contributed by atoms with Crippen molar-refractivity contribution in [2.75, 3.05) is 18.4 Å². The molecule has 0 saturated carbocycles. The van der Waals surface area contributed by atoms with E-state index in [-0.39, 0.29) is 5.91 Å². The molecular formula is C22H25N3O3S2. The van der Waals surface area contributed by atoms with Crippen molar-refractivity contribution in [2.45, 2.75) is 43.9 Å². The Morgan fingerprint density at radius 3 is 2.53 bits per heavy atom. The van der Waals surface area contributed by atoms with Gasteiger partial charge in [0.05, 0.1) is 15.1 Å². The lowest BCUT2D eigenvalue weighted by molar-refractivity contribution is -0.116. The van der Waals surface area contributed by atoms with Gasteiger partial charge in [0.1, 0.15) is 0 Å². The predicted molar refractivity (Wildman–Crippen MR) is 120 cm³/mol.